The topological polar surface area (TPSA) is 69.1 Å². The van der Waals surface area contributed by atoms with E-state index >= 15 is 0 Å². The Kier molecular flexibility index (Phi) is 2.41. The maximum atomic E-state index is 6.02. The summed E-state index contributed by atoms with van der Waals surface area (Å²) in [6.45, 7) is 2.04. The molecule has 2 aromatic heterocycles. The smallest absolute Gasteiger partial charge is 0.199 e. The Morgan fingerprint density at radius 2 is 1.81 bits per heavy atom. The first kappa shape index (κ1) is 11.8. The maximum absolute atomic E-state index is 6.02. The number of hydrogen-bond acceptors (Lipinski definition) is 4. The highest BCUT2D eigenvalue weighted by molar-refractivity contribution is 5.82. The molecular weight excluding hydrogens is 262 g/mol. The van der Waals surface area contributed by atoms with E-state index < -0.39 is 0 Å². The molecule has 0 unspecified atom stereocenters. The van der Waals surface area contributed by atoms with Crippen LogP contribution < -0.4 is 5.73 Å². The van der Waals surface area contributed by atoms with Gasteiger partial charge in [0.25, 0.3) is 0 Å². The standard InChI is InChI=1S/C16H13N5/c1-10-7-8-12-13(9-10)21-16(14(17)18-12)19-15(20-21)11-5-3-2-4-6-11/h2-9H,1H3,(H2,17,18). The lowest BCUT2D eigenvalue weighted by Gasteiger charge is -2.03. The second kappa shape index (κ2) is 4.28. The van der Waals surface area contributed by atoms with E-state index in [9.17, 15) is 0 Å². The molecule has 2 heterocycles. The van der Waals surface area contributed by atoms with Gasteiger partial charge in [-0.3, -0.25) is 0 Å². The van der Waals surface area contributed by atoms with Crippen LogP contribution >= 0.6 is 0 Å². The van der Waals surface area contributed by atoms with Gasteiger partial charge in [0.15, 0.2) is 17.3 Å². The Bertz CT molecular complexity index is 957. The third kappa shape index (κ3) is 1.82. The van der Waals surface area contributed by atoms with Gasteiger partial charge in [-0.15, -0.1) is 5.10 Å². The number of fused-ring (bicyclic) bond motifs is 3. The van der Waals surface area contributed by atoms with Gasteiger partial charge in [0.05, 0.1) is 11.0 Å². The number of anilines is 1. The molecule has 0 aliphatic heterocycles. The van der Waals surface area contributed by atoms with Crippen molar-refractivity contribution in [2.24, 2.45) is 0 Å². The van der Waals surface area contributed by atoms with Crippen LogP contribution in [0.25, 0.3) is 28.1 Å². The first-order chi connectivity index (χ1) is 10.2. The third-order valence-electron chi connectivity index (χ3n) is 3.47. The van der Waals surface area contributed by atoms with E-state index in [0.717, 1.165) is 22.2 Å². The summed E-state index contributed by atoms with van der Waals surface area (Å²) in [5, 5.41) is 4.60. The van der Waals surface area contributed by atoms with Gasteiger partial charge in [-0.25, -0.2) is 14.5 Å². The average molecular weight is 275 g/mol. The second-order valence-electron chi connectivity index (χ2n) is 5.03. The largest absolute Gasteiger partial charge is 0.381 e. The Hall–Kier alpha value is -2.95. The van der Waals surface area contributed by atoms with E-state index in [4.69, 9.17) is 5.73 Å². The highest BCUT2D eigenvalue weighted by Crippen LogP contribution is 2.22. The molecule has 4 rings (SSSR count). The summed E-state index contributed by atoms with van der Waals surface area (Å²) in [6, 6.07) is 15.8. The van der Waals surface area contributed by atoms with Gasteiger partial charge in [0, 0.05) is 5.56 Å². The van der Waals surface area contributed by atoms with Crippen molar-refractivity contribution in [2.75, 3.05) is 5.73 Å². The van der Waals surface area contributed by atoms with Gasteiger partial charge in [-0.1, -0.05) is 36.4 Å². The summed E-state index contributed by atoms with van der Waals surface area (Å²) in [7, 11) is 0. The molecule has 0 amide bonds. The molecule has 0 saturated heterocycles. The molecule has 0 fully saturated rings. The fourth-order valence-corrected chi connectivity index (χ4v) is 2.43. The molecule has 0 aliphatic rings. The molecule has 0 bridgehead atoms. The van der Waals surface area contributed by atoms with Crippen LogP contribution in [0, 0.1) is 6.92 Å². The highest BCUT2D eigenvalue weighted by Gasteiger charge is 2.12. The normalized spacial score (nSPS) is 11.3. The van der Waals surface area contributed by atoms with Gasteiger partial charge in [-0.2, -0.15) is 0 Å². The highest BCUT2D eigenvalue weighted by atomic mass is 15.3. The molecule has 4 aromatic rings. The van der Waals surface area contributed by atoms with Gasteiger partial charge in [0.1, 0.15) is 0 Å². The molecule has 5 heteroatoms. The zero-order valence-corrected chi connectivity index (χ0v) is 11.5. The quantitative estimate of drug-likeness (QED) is 0.580. The minimum atomic E-state index is 0.390. The van der Waals surface area contributed by atoms with Crippen molar-refractivity contribution in [3.63, 3.8) is 0 Å². The lowest BCUT2D eigenvalue weighted by molar-refractivity contribution is 1.00. The molecule has 0 aliphatic carbocycles. The molecule has 2 aromatic carbocycles. The van der Waals surface area contributed by atoms with Gasteiger partial charge >= 0.3 is 0 Å². The fourth-order valence-electron chi connectivity index (χ4n) is 2.43. The number of rotatable bonds is 1. The molecule has 0 saturated carbocycles. The molecular formula is C16H13N5. The third-order valence-corrected chi connectivity index (χ3v) is 3.47. The average Bonchev–Trinajstić information content (AvgIpc) is 2.95. The van der Waals surface area contributed by atoms with E-state index in [1.54, 1.807) is 4.52 Å². The van der Waals surface area contributed by atoms with Gasteiger partial charge in [0.2, 0.25) is 0 Å². The van der Waals surface area contributed by atoms with Crippen molar-refractivity contribution < 1.29 is 0 Å². The van der Waals surface area contributed by atoms with Crippen LogP contribution in [0.15, 0.2) is 48.5 Å². The van der Waals surface area contributed by atoms with E-state index in [-0.39, 0.29) is 0 Å². The first-order valence-electron chi connectivity index (χ1n) is 6.70. The molecule has 5 nitrogen and oxygen atoms in total. The van der Waals surface area contributed by atoms with Crippen LogP contribution in [-0.4, -0.2) is 19.6 Å². The van der Waals surface area contributed by atoms with Crippen molar-refractivity contribution in [3.05, 3.63) is 54.1 Å². The van der Waals surface area contributed by atoms with Crippen molar-refractivity contribution in [2.45, 2.75) is 6.92 Å². The van der Waals surface area contributed by atoms with E-state index in [0.29, 0.717) is 17.3 Å². The molecule has 0 atom stereocenters. The Morgan fingerprint density at radius 1 is 1.00 bits per heavy atom. The number of hydrogen-bond donors (Lipinski definition) is 1. The number of nitrogen functional groups attached to an aromatic ring is 1. The van der Waals surface area contributed by atoms with Crippen molar-refractivity contribution >= 4 is 22.5 Å². The van der Waals surface area contributed by atoms with Crippen LogP contribution in [0.5, 0.6) is 0 Å². The summed E-state index contributed by atoms with van der Waals surface area (Å²) in [5.41, 5.74) is 10.4. The summed E-state index contributed by atoms with van der Waals surface area (Å²) in [4.78, 5) is 8.93. The minimum Gasteiger partial charge on any atom is -0.381 e. The second-order valence-corrected chi connectivity index (χ2v) is 5.03. The van der Waals surface area contributed by atoms with E-state index in [1.165, 1.54) is 0 Å². The predicted octanol–water partition coefficient (Wildman–Crippen LogP) is 2.84. The minimum absolute atomic E-state index is 0.390. The summed E-state index contributed by atoms with van der Waals surface area (Å²) in [6.07, 6.45) is 0. The van der Waals surface area contributed by atoms with Gasteiger partial charge in [-0.05, 0) is 24.6 Å². The van der Waals surface area contributed by atoms with Crippen LogP contribution in [0.1, 0.15) is 5.56 Å². The zero-order valence-electron chi connectivity index (χ0n) is 11.5. The monoisotopic (exact) mass is 275 g/mol. The number of nitrogens with zero attached hydrogens (tertiary/aromatic N) is 4. The van der Waals surface area contributed by atoms with E-state index in [1.807, 2.05) is 55.5 Å². The molecule has 0 spiro atoms. The Morgan fingerprint density at radius 3 is 2.62 bits per heavy atom. The lowest BCUT2D eigenvalue weighted by atomic mass is 10.2. The number of aromatic nitrogens is 4. The molecule has 21 heavy (non-hydrogen) atoms. The Labute approximate surface area is 121 Å². The number of nitrogens with two attached hydrogens (primary N) is 1. The number of benzene rings is 2. The van der Waals surface area contributed by atoms with Crippen molar-refractivity contribution in [3.8, 4) is 11.4 Å². The molecule has 2 N–H and O–H groups in total. The van der Waals surface area contributed by atoms with Crippen LogP contribution in [0.4, 0.5) is 5.82 Å². The van der Waals surface area contributed by atoms with Crippen LogP contribution in [0.2, 0.25) is 0 Å². The predicted molar refractivity (Wildman–Crippen MR) is 82.9 cm³/mol. The van der Waals surface area contributed by atoms with Crippen LogP contribution in [-0.2, 0) is 0 Å². The summed E-state index contributed by atoms with van der Waals surface area (Å²) in [5.74, 6) is 1.04. The first-order valence-corrected chi connectivity index (χ1v) is 6.70. The van der Waals surface area contributed by atoms with E-state index in [2.05, 4.69) is 15.1 Å². The van der Waals surface area contributed by atoms with Gasteiger partial charge < -0.3 is 5.73 Å². The van der Waals surface area contributed by atoms with Crippen molar-refractivity contribution in [1.82, 2.24) is 19.6 Å². The Balaban J connectivity index is 2.08. The van der Waals surface area contributed by atoms with Crippen molar-refractivity contribution in [1.29, 1.82) is 0 Å². The SMILES string of the molecule is Cc1ccc2nc(N)c3nc(-c4ccccc4)nn3c2c1. The summed E-state index contributed by atoms with van der Waals surface area (Å²) >= 11 is 0. The molecule has 102 valence electrons. The number of aryl methyl sites for hydroxylation is 1. The van der Waals surface area contributed by atoms with Crippen LogP contribution in [0.3, 0.4) is 0 Å². The fraction of sp³-hybridized carbons (Fsp3) is 0.0625. The maximum Gasteiger partial charge on any atom is 0.199 e. The zero-order chi connectivity index (χ0) is 14.4. The molecule has 0 radical (unpaired) electrons. The summed E-state index contributed by atoms with van der Waals surface area (Å²) < 4.78 is 1.77. The lowest BCUT2D eigenvalue weighted by Crippen LogP contribution is -2.00.